The molecule has 1 N–H and O–H groups in total. The van der Waals surface area contributed by atoms with Crippen LogP contribution >= 0.6 is 15.9 Å². The summed E-state index contributed by atoms with van der Waals surface area (Å²) in [4.78, 5) is 17.2. The topological polar surface area (TPSA) is 73.0 Å². The molecule has 2 aromatic rings. The molecule has 1 fully saturated rings. The first kappa shape index (κ1) is 21.8. The zero-order chi connectivity index (χ0) is 21.0. The Labute approximate surface area is 180 Å². The van der Waals surface area contributed by atoms with Gasteiger partial charge in [0.2, 0.25) is 15.9 Å². The van der Waals surface area contributed by atoms with Gasteiger partial charge in [0.15, 0.2) is 0 Å². The number of nitrogens with zero attached hydrogens (tertiary/aromatic N) is 3. The van der Waals surface area contributed by atoms with Crippen molar-refractivity contribution in [2.45, 2.75) is 4.90 Å². The van der Waals surface area contributed by atoms with Crippen LogP contribution < -0.4 is 10.2 Å². The Morgan fingerprint density at radius 1 is 1.07 bits per heavy atom. The van der Waals surface area contributed by atoms with Gasteiger partial charge in [0.25, 0.3) is 0 Å². The lowest BCUT2D eigenvalue weighted by Crippen LogP contribution is -2.44. The second-order valence-electron chi connectivity index (χ2n) is 7.07. The summed E-state index contributed by atoms with van der Waals surface area (Å²) in [7, 11) is -0.248. The average Bonchev–Trinajstić information content (AvgIpc) is 2.69. The van der Waals surface area contributed by atoms with Crippen LogP contribution in [0.25, 0.3) is 0 Å². The standard InChI is InChI=1S/C20H25BrN4O3S/c1-23-11-13-25(14-12-23)19-6-4-3-5-18(19)22-20(26)15-24(2)29(27,28)17-9-7-16(21)8-10-17/h3-10H,11-15H2,1-2H3,(H,22,26). The van der Waals surface area contributed by atoms with Crippen molar-refractivity contribution in [3.63, 3.8) is 0 Å². The van der Waals surface area contributed by atoms with Crippen LogP contribution in [0.4, 0.5) is 11.4 Å². The summed E-state index contributed by atoms with van der Waals surface area (Å²) >= 11 is 3.29. The summed E-state index contributed by atoms with van der Waals surface area (Å²) in [6.45, 7) is 3.39. The van der Waals surface area contributed by atoms with E-state index in [0.717, 1.165) is 40.6 Å². The zero-order valence-corrected chi connectivity index (χ0v) is 18.9. The number of likely N-dealkylation sites (N-methyl/N-ethyl adjacent to an activating group) is 2. The number of anilines is 2. The fourth-order valence-electron chi connectivity index (χ4n) is 3.17. The number of benzene rings is 2. The Kier molecular flexibility index (Phi) is 6.94. The molecule has 0 radical (unpaired) electrons. The molecule has 1 aliphatic heterocycles. The Morgan fingerprint density at radius 3 is 2.34 bits per heavy atom. The monoisotopic (exact) mass is 480 g/mol. The van der Waals surface area contributed by atoms with Crippen molar-refractivity contribution < 1.29 is 13.2 Å². The minimum atomic E-state index is -3.74. The van der Waals surface area contributed by atoms with Crippen molar-refractivity contribution in [1.29, 1.82) is 0 Å². The smallest absolute Gasteiger partial charge is 0.243 e. The SMILES string of the molecule is CN1CCN(c2ccccc2NC(=O)CN(C)S(=O)(=O)c2ccc(Br)cc2)CC1. The number of halogens is 1. The largest absolute Gasteiger partial charge is 0.367 e. The average molecular weight is 481 g/mol. The summed E-state index contributed by atoms with van der Waals surface area (Å²) in [5.74, 6) is -0.380. The Balaban J connectivity index is 1.69. The number of para-hydroxylation sites is 2. The van der Waals surface area contributed by atoms with E-state index in [9.17, 15) is 13.2 Å². The number of sulfonamides is 1. The van der Waals surface area contributed by atoms with Crippen LogP contribution in [-0.4, -0.2) is 70.3 Å². The fraction of sp³-hybridized carbons (Fsp3) is 0.350. The molecule has 0 saturated carbocycles. The third-order valence-electron chi connectivity index (χ3n) is 4.91. The second kappa shape index (κ2) is 9.25. The van der Waals surface area contributed by atoms with Crippen molar-refractivity contribution in [2.24, 2.45) is 0 Å². The number of rotatable bonds is 6. The quantitative estimate of drug-likeness (QED) is 0.687. The lowest BCUT2D eigenvalue weighted by molar-refractivity contribution is -0.116. The molecule has 3 rings (SSSR count). The molecule has 0 aromatic heterocycles. The molecule has 7 nitrogen and oxygen atoms in total. The summed E-state index contributed by atoms with van der Waals surface area (Å²) < 4.78 is 27.2. The highest BCUT2D eigenvalue weighted by Crippen LogP contribution is 2.26. The minimum Gasteiger partial charge on any atom is -0.367 e. The number of nitrogens with one attached hydrogen (secondary N) is 1. The van der Waals surface area contributed by atoms with Crippen molar-refractivity contribution in [3.8, 4) is 0 Å². The maximum absolute atomic E-state index is 12.7. The van der Waals surface area contributed by atoms with Crippen LogP contribution in [0.1, 0.15) is 0 Å². The number of carbonyl (C=O) groups excluding carboxylic acids is 1. The van der Waals surface area contributed by atoms with E-state index in [0.29, 0.717) is 5.69 Å². The van der Waals surface area contributed by atoms with Crippen LogP contribution in [0.2, 0.25) is 0 Å². The van der Waals surface area contributed by atoms with Crippen molar-refractivity contribution in [3.05, 3.63) is 53.0 Å². The Bertz CT molecular complexity index is 958. The predicted octanol–water partition coefficient (Wildman–Crippen LogP) is 2.46. The number of amides is 1. The molecule has 0 unspecified atom stereocenters. The lowest BCUT2D eigenvalue weighted by Gasteiger charge is -2.35. The van der Waals surface area contributed by atoms with Gasteiger partial charge in [0, 0.05) is 37.7 Å². The van der Waals surface area contributed by atoms with E-state index in [1.807, 2.05) is 24.3 Å². The molecule has 0 spiro atoms. The van der Waals surface area contributed by atoms with E-state index >= 15 is 0 Å². The molecule has 2 aromatic carbocycles. The van der Waals surface area contributed by atoms with Gasteiger partial charge in [-0.1, -0.05) is 28.1 Å². The molecule has 1 aliphatic rings. The van der Waals surface area contributed by atoms with Crippen LogP contribution in [0.15, 0.2) is 57.9 Å². The molecule has 156 valence electrons. The molecule has 0 atom stereocenters. The highest BCUT2D eigenvalue weighted by Gasteiger charge is 2.24. The first-order valence-corrected chi connectivity index (χ1v) is 11.5. The third kappa shape index (κ3) is 5.36. The van der Waals surface area contributed by atoms with Gasteiger partial charge in [0.1, 0.15) is 0 Å². The van der Waals surface area contributed by atoms with Gasteiger partial charge >= 0.3 is 0 Å². The van der Waals surface area contributed by atoms with Crippen molar-refractivity contribution >= 4 is 43.2 Å². The van der Waals surface area contributed by atoms with Crippen molar-refractivity contribution in [2.75, 3.05) is 57.0 Å². The number of hydrogen-bond donors (Lipinski definition) is 1. The normalized spacial score (nSPS) is 15.5. The summed E-state index contributed by atoms with van der Waals surface area (Å²) in [6.07, 6.45) is 0. The third-order valence-corrected chi connectivity index (χ3v) is 7.26. The van der Waals surface area contributed by atoms with E-state index in [1.54, 1.807) is 12.1 Å². The summed E-state index contributed by atoms with van der Waals surface area (Å²) in [6, 6.07) is 14.0. The Morgan fingerprint density at radius 2 is 1.69 bits per heavy atom. The molecule has 1 amide bonds. The number of hydrogen-bond acceptors (Lipinski definition) is 5. The maximum Gasteiger partial charge on any atom is 0.243 e. The molecule has 1 saturated heterocycles. The van der Waals surface area contributed by atoms with Gasteiger partial charge in [0.05, 0.1) is 22.8 Å². The number of piperazine rings is 1. The van der Waals surface area contributed by atoms with Gasteiger partial charge in [-0.2, -0.15) is 4.31 Å². The van der Waals surface area contributed by atoms with Crippen LogP contribution in [-0.2, 0) is 14.8 Å². The maximum atomic E-state index is 12.7. The first-order chi connectivity index (χ1) is 13.8. The molecule has 1 heterocycles. The minimum absolute atomic E-state index is 0.147. The first-order valence-electron chi connectivity index (χ1n) is 9.31. The van der Waals surface area contributed by atoms with E-state index in [-0.39, 0.29) is 17.3 Å². The van der Waals surface area contributed by atoms with Crippen LogP contribution in [0.5, 0.6) is 0 Å². The van der Waals surface area contributed by atoms with E-state index in [2.05, 4.69) is 38.1 Å². The second-order valence-corrected chi connectivity index (χ2v) is 10.0. The van der Waals surface area contributed by atoms with Gasteiger partial charge in [-0.25, -0.2) is 8.42 Å². The molecular formula is C20H25BrN4O3S. The van der Waals surface area contributed by atoms with Gasteiger partial charge in [-0.15, -0.1) is 0 Å². The number of carbonyl (C=O) groups is 1. The molecule has 9 heteroatoms. The molecular weight excluding hydrogens is 456 g/mol. The molecule has 29 heavy (non-hydrogen) atoms. The van der Waals surface area contributed by atoms with E-state index in [4.69, 9.17) is 0 Å². The molecule has 0 bridgehead atoms. The zero-order valence-electron chi connectivity index (χ0n) is 16.5. The van der Waals surface area contributed by atoms with Gasteiger partial charge < -0.3 is 15.1 Å². The van der Waals surface area contributed by atoms with Gasteiger partial charge in [-0.05, 0) is 43.4 Å². The predicted molar refractivity (Wildman–Crippen MR) is 119 cm³/mol. The fourth-order valence-corrected chi connectivity index (χ4v) is 4.56. The highest BCUT2D eigenvalue weighted by molar-refractivity contribution is 9.10. The van der Waals surface area contributed by atoms with E-state index in [1.165, 1.54) is 19.2 Å². The van der Waals surface area contributed by atoms with Crippen LogP contribution in [0, 0.1) is 0 Å². The highest BCUT2D eigenvalue weighted by atomic mass is 79.9. The summed E-state index contributed by atoms with van der Waals surface area (Å²) in [5, 5.41) is 2.87. The van der Waals surface area contributed by atoms with Crippen molar-refractivity contribution in [1.82, 2.24) is 9.21 Å². The lowest BCUT2D eigenvalue weighted by atomic mass is 10.2. The van der Waals surface area contributed by atoms with E-state index < -0.39 is 10.0 Å². The molecule has 0 aliphatic carbocycles. The van der Waals surface area contributed by atoms with Gasteiger partial charge in [-0.3, -0.25) is 4.79 Å². The summed E-state index contributed by atoms with van der Waals surface area (Å²) in [5.41, 5.74) is 1.64. The van der Waals surface area contributed by atoms with Crippen LogP contribution in [0.3, 0.4) is 0 Å². The Hall–Kier alpha value is -1.94.